The number of hydrogen-bond donors (Lipinski definition) is 5. The van der Waals surface area contributed by atoms with Gasteiger partial charge in [0.2, 0.25) is 0 Å². The van der Waals surface area contributed by atoms with Gasteiger partial charge in [-0.15, -0.1) is 0 Å². The van der Waals surface area contributed by atoms with Crippen molar-refractivity contribution in [3.63, 3.8) is 0 Å². The van der Waals surface area contributed by atoms with Crippen LogP contribution in [0.5, 0.6) is 0 Å². The highest BCUT2D eigenvalue weighted by atomic mass is 31.2. The predicted octanol–water partition coefficient (Wildman–Crippen LogP) is -1.57. The molecule has 12 nitrogen and oxygen atoms in total. The van der Waals surface area contributed by atoms with Crippen molar-refractivity contribution in [2.45, 2.75) is 38.4 Å². The smallest absolute Gasteiger partial charge is 0.387 e. The van der Waals surface area contributed by atoms with Crippen molar-refractivity contribution in [3.8, 4) is 0 Å². The molecule has 0 spiro atoms. The Morgan fingerprint density at radius 1 is 1.26 bits per heavy atom. The second-order valence-electron chi connectivity index (χ2n) is 6.23. The summed E-state index contributed by atoms with van der Waals surface area (Å²) in [7, 11) is -4.80. The minimum Gasteiger partial charge on any atom is -0.387 e. The summed E-state index contributed by atoms with van der Waals surface area (Å²) in [6.07, 6.45) is -4.44. The van der Waals surface area contributed by atoms with Crippen molar-refractivity contribution in [1.82, 2.24) is 14.5 Å². The Labute approximate surface area is 151 Å². The van der Waals surface area contributed by atoms with Crippen LogP contribution in [0.2, 0.25) is 0 Å². The van der Waals surface area contributed by atoms with E-state index in [1.807, 2.05) is 0 Å². The highest BCUT2D eigenvalue weighted by Crippen LogP contribution is 2.38. The summed E-state index contributed by atoms with van der Waals surface area (Å²) in [5.74, 6) is 0. The van der Waals surface area contributed by atoms with Crippen LogP contribution < -0.4 is 11.2 Å². The van der Waals surface area contributed by atoms with Crippen LogP contribution in [0.15, 0.2) is 15.8 Å². The Morgan fingerprint density at radius 3 is 2.56 bits per heavy atom. The highest BCUT2D eigenvalue weighted by molar-refractivity contribution is 7.46. The number of nitrogens with one attached hydrogen (secondary N) is 1. The molecule has 2 aromatic heterocycles. The summed E-state index contributed by atoms with van der Waals surface area (Å²) in [6, 6.07) is 0. The number of rotatable bonds is 4. The van der Waals surface area contributed by atoms with Crippen LogP contribution in [-0.4, -0.2) is 59.5 Å². The number of nitrogens with zero attached hydrogens (tertiary/aromatic N) is 2. The van der Waals surface area contributed by atoms with E-state index < -0.39 is 44.7 Å². The monoisotopic (exact) mass is 403 g/mol. The van der Waals surface area contributed by atoms with E-state index in [2.05, 4.69) is 14.5 Å². The van der Waals surface area contributed by atoms with E-state index in [4.69, 9.17) is 14.5 Å². The first kappa shape index (κ1) is 19.8. The first-order chi connectivity index (χ1) is 12.5. The molecular formula is C14H18N3O9P. The van der Waals surface area contributed by atoms with Gasteiger partial charge in [-0.05, 0) is 19.4 Å². The molecule has 3 heterocycles. The number of H-pyrrole nitrogens is 1. The van der Waals surface area contributed by atoms with E-state index in [-0.39, 0.29) is 11.2 Å². The van der Waals surface area contributed by atoms with Gasteiger partial charge in [-0.1, -0.05) is 0 Å². The first-order valence-electron chi connectivity index (χ1n) is 7.83. The van der Waals surface area contributed by atoms with E-state index in [1.165, 1.54) is 6.20 Å². The molecule has 13 heteroatoms. The maximum atomic E-state index is 12.3. The van der Waals surface area contributed by atoms with Gasteiger partial charge in [0.25, 0.3) is 5.56 Å². The maximum Gasteiger partial charge on any atom is 0.469 e. The normalized spacial score (nSPS) is 26.0. The Hall–Kier alpha value is -1.92. The van der Waals surface area contributed by atoms with E-state index in [9.17, 15) is 24.4 Å². The third-order valence-corrected chi connectivity index (χ3v) is 4.99. The van der Waals surface area contributed by atoms with Gasteiger partial charge in [0.1, 0.15) is 24.0 Å². The largest absolute Gasteiger partial charge is 0.469 e. The SMILES string of the molecule is Cc1c(C)c2cn([C@@H]3O[C@H](COP(=O)(O)O)C(O)[C@@H]3O)c(=O)nc2[nH]c1=O. The molecule has 3 rings (SSSR count). The van der Waals surface area contributed by atoms with Crippen LogP contribution in [0.25, 0.3) is 11.0 Å². The fraction of sp³-hybridized carbons (Fsp3) is 0.500. The van der Waals surface area contributed by atoms with E-state index in [1.54, 1.807) is 13.8 Å². The van der Waals surface area contributed by atoms with Gasteiger partial charge < -0.3 is 29.7 Å². The molecule has 2 aromatic rings. The summed E-state index contributed by atoms with van der Waals surface area (Å²) in [4.78, 5) is 47.9. The summed E-state index contributed by atoms with van der Waals surface area (Å²) < 4.78 is 21.4. The summed E-state index contributed by atoms with van der Waals surface area (Å²) in [5.41, 5.74) is -0.167. The number of fused-ring (bicyclic) bond motifs is 1. The zero-order valence-corrected chi connectivity index (χ0v) is 15.2. The minimum atomic E-state index is -4.80. The van der Waals surface area contributed by atoms with Gasteiger partial charge in [-0.3, -0.25) is 13.9 Å². The van der Waals surface area contributed by atoms with E-state index in [0.717, 1.165) is 4.57 Å². The molecule has 5 N–H and O–H groups in total. The highest BCUT2D eigenvalue weighted by Gasteiger charge is 2.45. The summed E-state index contributed by atoms with van der Waals surface area (Å²) in [5, 5.41) is 20.7. The zero-order valence-electron chi connectivity index (χ0n) is 14.3. The summed E-state index contributed by atoms with van der Waals surface area (Å²) >= 11 is 0. The molecule has 1 aliphatic rings. The van der Waals surface area contributed by atoms with Crippen LogP contribution in [0.3, 0.4) is 0 Å². The van der Waals surface area contributed by atoms with Crippen molar-refractivity contribution in [1.29, 1.82) is 0 Å². The molecule has 4 atom stereocenters. The molecule has 0 radical (unpaired) electrons. The molecule has 0 aliphatic carbocycles. The number of phosphoric ester groups is 1. The summed E-state index contributed by atoms with van der Waals surface area (Å²) in [6.45, 7) is 2.57. The fourth-order valence-electron chi connectivity index (χ4n) is 2.86. The molecular weight excluding hydrogens is 385 g/mol. The first-order valence-corrected chi connectivity index (χ1v) is 9.36. The van der Waals surface area contributed by atoms with Crippen molar-refractivity contribution >= 4 is 18.9 Å². The Morgan fingerprint density at radius 2 is 1.93 bits per heavy atom. The van der Waals surface area contributed by atoms with Crippen LogP contribution >= 0.6 is 7.82 Å². The number of aromatic amines is 1. The van der Waals surface area contributed by atoms with E-state index in [0.29, 0.717) is 16.5 Å². The second kappa shape index (κ2) is 6.91. The lowest BCUT2D eigenvalue weighted by Crippen LogP contribution is -2.36. The van der Waals surface area contributed by atoms with Crippen molar-refractivity contribution in [2.75, 3.05) is 6.61 Å². The van der Waals surface area contributed by atoms with E-state index >= 15 is 0 Å². The maximum absolute atomic E-state index is 12.3. The third-order valence-electron chi connectivity index (χ3n) is 4.51. The molecule has 148 valence electrons. The standard InChI is InChI=1S/C14H18N3O9P/c1-5-6(2)12(20)15-11-7(5)3-17(14(21)16-11)13-10(19)9(18)8(26-13)4-25-27(22,23)24/h3,8-10,13,18-19H,4H2,1-2H3,(H2,22,23,24)(H,15,16,20,21)/t8-,9?,10+,13-/m1/s1. The van der Waals surface area contributed by atoms with Gasteiger partial charge in [-0.25, -0.2) is 9.36 Å². The third kappa shape index (κ3) is 3.73. The average Bonchev–Trinajstić information content (AvgIpc) is 2.85. The lowest BCUT2D eigenvalue weighted by molar-refractivity contribution is -0.0540. The van der Waals surface area contributed by atoms with Crippen molar-refractivity contribution in [3.05, 3.63) is 38.2 Å². The van der Waals surface area contributed by atoms with Gasteiger partial charge in [-0.2, -0.15) is 4.98 Å². The molecule has 0 saturated carbocycles. The predicted molar refractivity (Wildman–Crippen MR) is 90.0 cm³/mol. The zero-order chi connectivity index (χ0) is 20.1. The second-order valence-corrected chi connectivity index (χ2v) is 7.47. The Bertz CT molecular complexity index is 1040. The topological polar surface area (TPSA) is 184 Å². The molecule has 0 bridgehead atoms. The average molecular weight is 403 g/mol. The van der Waals surface area contributed by atoms with Gasteiger partial charge in [0, 0.05) is 17.1 Å². The number of aryl methyl sites for hydroxylation is 1. The number of phosphoric acid groups is 1. The number of aliphatic hydroxyl groups is 2. The fourth-order valence-corrected chi connectivity index (χ4v) is 3.20. The van der Waals surface area contributed by atoms with Crippen LogP contribution in [0.1, 0.15) is 17.4 Å². The molecule has 0 amide bonds. The van der Waals surface area contributed by atoms with Gasteiger partial charge in [0.15, 0.2) is 6.23 Å². The molecule has 27 heavy (non-hydrogen) atoms. The number of aliphatic hydroxyl groups excluding tert-OH is 2. The van der Waals surface area contributed by atoms with Gasteiger partial charge >= 0.3 is 13.5 Å². The van der Waals surface area contributed by atoms with Crippen molar-refractivity contribution < 1.29 is 33.8 Å². The minimum absolute atomic E-state index is 0.0683. The molecule has 1 fully saturated rings. The van der Waals surface area contributed by atoms with Crippen LogP contribution in [0.4, 0.5) is 0 Å². The number of hydrogen-bond acceptors (Lipinski definition) is 8. The number of pyridine rings is 1. The van der Waals surface area contributed by atoms with Crippen LogP contribution in [0, 0.1) is 13.8 Å². The Kier molecular flexibility index (Phi) is 5.08. The lowest BCUT2D eigenvalue weighted by Gasteiger charge is -2.18. The van der Waals surface area contributed by atoms with Gasteiger partial charge in [0.05, 0.1) is 6.61 Å². The number of aromatic nitrogens is 3. The molecule has 1 aliphatic heterocycles. The Balaban J connectivity index is 1.99. The molecule has 1 unspecified atom stereocenters. The lowest BCUT2D eigenvalue weighted by atomic mass is 10.1. The van der Waals surface area contributed by atoms with Crippen LogP contribution in [-0.2, 0) is 13.8 Å². The molecule has 0 aromatic carbocycles. The van der Waals surface area contributed by atoms with Crippen molar-refractivity contribution in [2.24, 2.45) is 0 Å². The molecule has 1 saturated heterocycles. The number of ether oxygens (including phenoxy) is 1. The quantitative estimate of drug-likeness (QED) is 0.374.